The second-order valence-corrected chi connectivity index (χ2v) is 10.3. The topological polar surface area (TPSA) is 75.7 Å². The lowest BCUT2D eigenvalue weighted by atomic mass is 9.96. The lowest BCUT2D eigenvalue weighted by Crippen LogP contribution is -2.52. The number of nitrogens with zero attached hydrogens (tertiary/aromatic N) is 1. The molecule has 172 valence electrons. The van der Waals surface area contributed by atoms with Gasteiger partial charge in [-0.25, -0.2) is 21.9 Å². The SMILES string of the molecule is CCS(=O)(=O)N[C@H]1CCN(C(=O)C2CCO2)[C@H]1Cc1cccc(-c2cc(F)cc(F)c2)c1. The minimum absolute atomic E-state index is 0.0451. The van der Waals surface area contributed by atoms with Gasteiger partial charge in [0, 0.05) is 25.1 Å². The summed E-state index contributed by atoms with van der Waals surface area (Å²) in [4.78, 5) is 14.6. The van der Waals surface area contributed by atoms with E-state index in [1.165, 1.54) is 12.1 Å². The van der Waals surface area contributed by atoms with Crippen LogP contribution in [-0.4, -0.2) is 56.3 Å². The van der Waals surface area contributed by atoms with Crippen molar-refractivity contribution in [3.63, 3.8) is 0 Å². The molecule has 32 heavy (non-hydrogen) atoms. The predicted molar refractivity (Wildman–Crippen MR) is 116 cm³/mol. The first-order valence-corrected chi connectivity index (χ1v) is 12.4. The van der Waals surface area contributed by atoms with Gasteiger partial charge in [0.05, 0.1) is 18.4 Å². The fraction of sp³-hybridized carbons (Fsp3) is 0.435. The van der Waals surface area contributed by atoms with Crippen LogP contribution < -0.4 is 4.72 Å². The van der Waals surface area contributed by atoms with Crippen LogP contribution in [0.25, 0.3) is 11.1 Å². The fourth-order valence-electron chi connectivity index (χ4n) is 4.29. The Morgan fingerprint density at radius 2 is 1.84 bits per heavy atom. The molecule has 2 fully saturated rings. The Balaban J connectivity index is 1.61. The van der Waals surface area contributed by atoms with E-state index >= 15 is 0 Å². The predicted octanol–water partition coefficient (Wildman–Crippen LogP) is 2.87. The molecule has 4 rings (SSSR count). The molecule has 1 N–H and O–H groups in total. The second-order valence-electron chi connectivity index (χ2n) is 8.23. The largest absolute Gasteiger partial charge is 0.368 e. The number of rotatable bonds is 7. The highest BCUT2D eigenvalue weighted by atomic mass is 32.2. The Hall–Kier alpha value is -2.36. The summed E-state index contributed by atoms with van der Waals surface area (Å²) in [6.45, 7) is 2.56. The molecule has 1 amide bonds. The van der Waals surface area contributed by atoms with Gasteiger partial charge in [0.25, 0.3) is 5.91 Å². The maximum Gasteiger partial charge on any atom is 0.252 e. The van der Waals surface area contributed by atoms with E-state index in [-0.39, 0.29) is 17.7 Å². The minimum Gasteiger partial charge on any atom is -0.368 e. The molecule has 0 radical (unpaired) electrons. The lowest BCUT2D eigenvalue weighted by Gasteiger charge is -2.34. The molecule has 9 heteroatoms. The first-order valence-electron chi connectivity index (χ1n) is 10.7. The normalized spacial score (nSPS) is 23.2. The summed E-state index contributed by atoms with van der Waals surface area (Å²) in [7, 11) is -3.45. The van der Waals surface area contributed by atoms with E-state index in [1.807, 2.05) is 12.1 Å². The number of hydrogen-bond donors (Lipinski definition) is 1. The molecule has 0 aromatic heterocycles. The Bertz CT molecular complexity index is 1080. The van der Waals surface area contributed by atoms with E-state index in [0.29, 0.717) is 43.5 Å². The third-order valence-corrected chi connectivity index (χ3v) is 7.50. The van der Waals surface area contributed by atoms with Crippen molar-refractivity contribution >= 4 is 15.9 Å². The molecular weight excluding hydrogens is 438 g/mol. The monoisotopic (exact) mass is 464 g/mol. The van der Waals surface area contributed by atoms with E-state index in [1.54, 1.807) is 24.0 Å². The van der Waals surface area contributed by atoms with Crippen LogP contribution in [0.4, 0.5) is 8.78 Å². The van der Waals surface area contributed by atoms with Crippen LogP contribution in [0.5, 0.6) is 0 Å². The average Bonchev–Trinajstić information content (AvgIpc) is 3.07. The molecule has 0 spiro atoms. The van der Waals surface area contributed by atoms with Gasteiger partial charge in [-0.3, -0.25) is 4.79 Å². The van der Waals surface area contributed by atoms with Gasteiger partial charge in [-0.2, -0.15) is 0 Å². The maximum absolute atomic E-state index is 13.7. The number of ether oxygens (including phenoxy) is 1. The number of amides is 1. The lowest BCUT2D eigenvalue weighted by molar-refractivity contribution is -0.157. The number of carbonyl (C=O) groups is 1. The van der Waals surface area contributed by atoms with Crippen molar-refractivity contribution in [3.05, 3.63) is 59.7 Å². The van der Waals surface area contributed by atoms with Gasteiger partial charge in [0.15, 0.2) is 0 Å². The van der Waals surface area contributed by atoms with Crippen molar-refractivity contribution in [1.82, 2.24) is 9.62 Å². The average molecular weight is 465 g/mol. The van der Waals surface area contributed by atoms with Crippen molar-refractivity contribution in [1.29, 1.82) is 0 Å². The zero-order valence-corrected chi connectivity index (χ0v) is 18.6. The van der Waals surface area contributed by atoms with Gasteiger partial charge in [-0.15, -0.1) is 0 Å². The van der Waals surface area contributed by atoms with Crippen LogP contribution in [-0.2, 0) is 26.0 Å². The van der Waals surface area contributed by atoms with Crippen molar-refractivity contribution in [2.24, 2.45) is 0 Å². The number of sulfonamides is 1. The van der Waals surface area contributed by atoms with Crippen LogP contribution in [0.2, 0.25) is 0 Å². The minimum atomic E-state index is -3.45. The van der Waals surface area contributed by atoms with Crippen molar-refractivity contribution in [3.8, 4) is 11.1 Å². The molecule has 0 saturated carbocycles. The van der Waals surface area contributed by atoms with Crippen LogP contribution >= 0.6 is 0 Å². The zero-order chi connectivity index (χ0) is 22.9. The fourth-order valence-corrected chi connectivity index (χ4v) is 5.19. The first-order chi connectivity index (χ1) is 15.3. The highest BCUT2D eigenvalue weighted by Gasteiger charge is 2.42. The Kier molecular flexibility index (Phi) is 6.60. The Labute approximate surface area is 186 Å². The molecule has 2 heterocycles. The van der Waals surface area contributed by atoms with Crippen molar-refractivity contribution < 1.29 is 26.7 Å². The Morgan fingerprint density at radius 3 is 2.47 bits per heavy atom. The van der Waals surface area contributed by atoms with E-state index in [2.05, 4.69) is 4.72 Å². The van der Waals surface area contributed by atoms with Gasteiger partial charge >= 0.3 is 0 Å². The summed E-state index contributed by atoms with van der Waals surface area (Å²) in [6.07, 6.45) is 1.10. The summed E-state index contributed by atoms with van der Waals surface area (Å²) in [5.41, 5.74) is 1.90. The molecule has 0 bridgehead atoms. The van der Waals surface area contributed by atoms with Crippen molar-refractivity contribution in [2.75, 3.05) is 18.9 Å². The van der Waals surface area contributed by atoms with Crippen LogP contribution in [0, 0.1) is 11.6 Å². The molecule has 6 nitrogen and oxygen atoms in total. The third kappa shape index (κ3) is 5.00. The summed E-state index contributed by atoms with van der Waals surface area (Å²) in [6, 6.07) is 9.78. The standard InChI is InChI=1S/C23H26F2N2O4S/c1-2-32(29,30)26-20-6-8-27(23(28)22-7-9-31-22)21(20)11-15-4-3-5-16(10-15)17-12-18(24)14-19(25)13-17/h3-5,10,12-14,20-22,26H,2,6-9,11H2,1H3/t20-,21-,22?/m0/s1. The zero-order valence-electron chi connectivity index (χ0n) is 17.8. The number of likely N-dealkylation sites (tertiary alicyclic amines) is 1. The van der Waals surface area contributed by atoms with E-state index in [4.69, 9.17) is 4.74 Å². The molecular formula is C23H26F2N2O4S. The maximum atomic E-state index is 13.7. The molecule has 2 aromatic carbocycles. The van der Waals surface area contributed by atoms with E-state index < -0.39 is 33.8 Å². The molecule has 2 saturated heterocycles. The number of nitrogens with one attached hydrogen (secondary N) is 1. The highest BCUT2D eigenvalue weighted by molar-refractivity contribution is 7.89. The van der Waals surface area contributed by atoms with Gasteiger partial charge in [0.2, 0.25) is 10.0 Å². The summed E-state index contributed by atoms with van der Waals surface area (Å²) >= 11 is 0. The van der Waals surface area contributed by atoms with Crippen LogP contribution in [0.15, 0.2) is 42.5 Å². The van der Waals surface area contributed by atoms with Gasteiger partial charge in [0.1, 0.15) is 17.7 Å². The third-order valence-electron chi connectivity index (χ3n) is 6.08. The number of hydrogen-bond acceptors (Lipinski definition) is 4. The van der Waals surface area contributed by atoms with Crippen LogP contribution in [0.1, 0.15) is 25.3 Å². The van der Waals surface area contributed by atoms with E-state index in [9.17, 15) is 22.0 Å². The quantitative estimate of drug-likeness (QED) is 0.684. The molecule has 2 aliphatic rings. The summed E-state index contributed by atoms with van der Waals surface area (Å²) in [5, 5.41) is 0. The number of carbonyl (C=O) groups excluding carboxylic acids is 1. The van der Waals surface area contributed by atoms with Crippen LogP contribution in [0.3, 0.4) is 0 Å². The number of benzene rings is 2. The van der Waals surface area contributed by atoms with Gasteiger partial charge in [-0.1, -0.05) is 24.3 Å². The molecule has 2 aromatic rings. The van der Waals surface area contributed by atoms with Gasteiger partial charge < -0.3 is 9.64 Å². The van der Waals surface area contributed by atoms with Crippen molar-refractivity contribution in [2.45, 2.75) is 44.4 Å². The molecule has 1 unspecified atom stereocenters. The molecule has 2 aliphatic heterocycles. The summed E-state index contributed by atoms with van der Waals surface area (Å²) in [5.74, 6) is -1.49. The number of halogens is 2. The second kappa shape index (κ2) is 9.25. The Morgan fingerprint density at radius 1 is 1.12 bits per heavy atom. The smallest absolute Gasteiger partial charge is 0.252 e. The molecule has 3 atom stereocenters. The first kappa shape index (κ1) is 22.8. The summed E-state index contributed by atoms with van der Waals surface area (Å²) < 4.78 is 59.9. The molecule has 0 aliphatic carbocycles. The van der Waals surface area contributed by atoms with Gasteiger partial charge in [-0.05, 0) is 48.6 Å². The highest BCUT2D eigenvalue weighted by Crippen LogP contribution is 2.28. The van der Waals surface area contributed by atoms with E-state index in [0.717, 1.165) is 11.6 Å².